The van der Waals surface area contributed by atoms with Crippen molar-refractivity contribution in [2.24, 2.45) is 5.92 Å². The Hall–Kier alpha value is -1.20. The van der Waals surface area contributed by atoms with E-state index in [1.165, 1.54) is 12.1 Å². The molecule has 0 bridgehead atoms. The number of carbonyl (C=O) groups is 1. The van der Waals surface area contributed by atoms with E-state index in [2.05, 4.69) is 5.32 Å². The molecular formula is C16H21ClF2N2O. The van der Waals surface area contributed by atoms with Gasteiger partial charge in [-0.2, -0.15) is 0 Å². The van der Waals surface area contributed by atoms with Crippen molar-refractivity contribution >= 4 is 18.3 Å². The first-order chi connectivity index (χ1) is 10.1. The summed E-state index contributed by atoms with van der Waals surface area (Å²) in [6, 6.07) is 3.89. The first-order valence-electron chi connectivity index (χ1n) is 7.50. The molecule has 2 unspecified atom stereocenters. The Morgan fingerprint density at radius 1 is 1.27 bits per heavy atom. The van der Waals surface area contributed by atoms with E-state index in [1.54, 1.807) is 0 Å². The fraction of sp³-hybridized carbons (Fsp3) is 0.562. The highest BCUT2D eigenvalue weighted by atomic mass is 35.5. The van der Waals surface area contributed by atoms with Gasteiger partial charge >= 0.3 is 0 Å². The zero-order chi connectivity index (χ0) is 15.0. The smallest absolute Gasteiger partial charge is 0.226 e. The summed E-state index contributed by atoms with van der Waals surface area (Å²) in [4.78, 5) is 14.3. The molecular weight excluding hydrogens is 310 g/mol. The molecule has 1 amide bonds. The molecule has 1 aromatic carbocycles. The molecule has 22 heavy (non-hydrogen) atoms. The molecule has 6 heteroatoms. The van der Waals surface area contributed by atoms with Gasteiger partial charge in [0.25, 0.3) is 0 Å². The van der Waals surface area contributed by atoms with Gasteiger partial charge in [-0.05, 0) is 49.9 Å². The number of amides is 1. The minimum atomic E-state index is -0.577. The second-order valence-corrected chi connectivity index (χ2v) is 6.04. The maximum absolute atomic E-state index is 13.8. The number of hydrogen-bond donors (Lipinski definition) is 1. The van der Waals surface area contributed by atoms with E-state index in [1.807, 2.05) is 11.9 Å². The molecule has 122 valence electrons. The van der Waals surface area contributed by atoms with Crippen molar-refractivity contribution < 1.29 is 13.6 Å². The lowest BCUT2D eigenvalue weighted by Gasteiger charge is -2.32. The van der Waals surface area contributed by atoms with Gasteiger partial charge in [-0.15, -0.1) is 12.4 Å². The average molecular weight is 331 g/mol. The van der Waals surface area contributed by atoms with Crippen LogP contribution < -0.4 is 5.32 Å². The van der Waals surface area contributed by atoms with Crippen LogP contribution in [0.3, 0.4) is 0 Å². The molecule has 2 fully saturated rings. The number of halogens is 3. The number of piperidine rings is 1. The van der Waals surface area contributed by atoms with Gasteiger partial charge < -0.3 is 10.2 Å². The molecule has 1 saturated carbocycles. The third-order valence-electron chi connectivity index (χ3n) is 4.67. The number of benzene rings is 1. The molecule has 0 radical (unpaired) electrons. The van der Waals surface area contributed by atoms with Gasteiger partial charge in [0.2, 0.25) is 5.91 Å². The number of nitrogens with one attached hydrogen (secondary N) is 1. The molecule has 1 aliphatic heterocycles. The number of rotatable bonds is 3. The summed E-state index contributed by atoms with van der Waals surface area (Å²) in [7, 11) is 1.84. The standard InChI is InChI=1S/C16H20F2N2O.ClH/c1-20(11-4-6-19-7-5-11)16(21)14-9-13(14)12-3-2-10(17)8-15(12)18;/h2-3,8,11,13-14,19H,4-7,9H2,1H3;1H. The Morgan fingerprint density at radius 2 is 1.95 bits per heavy atom. The lowest BCUT2D eigenvalue weighted by Crippen LogP contribution is -2.44. The molecule has 1 aromatic rings. The van der Waals surface area contributed by atoms with Crippen molar-refractivity contribution in [3.8, 4) is 0 Å². The quantitative estimate of drug-likeness (QED) is 0.924. The lowest BCUT2D eigenvalue weighted by atomic mass is 10.0. The number of carbonyl (C=O) groups excluding carboxylic acids is 1. The molecule has 1 aliphatic carbocycles. The SMILES string of the molecule is CN(C(=O)C1CC1c1ccc(F)cc1F)C1CCNCC1.Cl. The Bertz CT molecular complexity index is 549. The summed E-state index contributed by atoms with van der Waals surface area (Å²) >= 11 is 0. The van der Waals surface area contributed by atoms with E-state index in [9.17, 15) is 13.6 Å². The van der Waals surface area contributed by atoms with Crippen LogP contribution in [0.25, 0.3) is 0 Å². The third-order valence-corrected chi connectivity index (χ3v) is 4.67. The lowest BCUT2D eigenvalue weighted by molar-refractivity contribution is -0.133. The Kier molecular flexibility index (Phi) is 5.40. The number of hydrogen-bond acceptors (Lipinski definition) is 2. The van der Waals surface area contributed by atoms with Crippen LogP contribution in [0.1, 0.15) is 30.7 Å². The molecule has 1 saturated heterocycles. The summed E-state index contributed by atoms with van der Waals surface area (Å²) in [5.74, 6) is -1.27. The van der Waals surface area contributed by atoms with Crippen LogP contribution >= 0.6 is 12.4 Å². The highest BCUT2D eigenvalue weighted by Crippen LogP contribution is 2.49. The zero-order valence-electron chi connectivity index (χ0n) is 12.5. The van der Waals surface area contributed by atoms with Crippen LogP contribution in [0.15, 0.2) is 18.2 Å². The Labute approximate surface area is 135 Å². The second kappa shape index (κ2) is 6.92. The zero-order valence-corrected chi connectivity index (χ0v) is 13.3. The van der Waals surface area contributed by atoms with Crippen molar-refractivity contribution in [2.45, 2.75) is 31.2 Å². The van der Waals surface area contributed by atoms with Gasteiger partial charge in [-0.1, -0.05) is 6.07 Å². The Balaban J connectivity index is 0.00000176. The molecule has 0 spiro atoms. The highest BCUT2D eigenvalue weighted by molar-refractivity contribution is 5.85. The Morgan fingerprint density at radius 3 is 2.59 bits per heavy atom. The van der Waals surface area contributed by atoms with Crippen LogP contribution in [0, 0.1) is 17.6 Å². The molecule has 1 N–H and O–H groups in total. The predicted octanol–water partition coefficient (Wildman–Crippen LogP) is 2.70. The summed E-state index contributed by atoms with van der Waals surface area (Å²) < 4.78 is 26.7. The fourth-order valence-corrected chi connectivity index (χ4v) is 3.25. The van der Waals surface area contributed by atoms with Crippen LogP contribution in [0.5, 0.6) is 0 Å². The molecule has 2 atom stereocenters. The highest BCUT2D eigenvalue weighted by Gasteiger charge is 2.47. The second-order valence-electron chi connectivity index (χ2n) is 6.04. The van der Waals surface area contributed by atoms with Crippen molar-refractivity contribution in [3.05, 3.63) is 35.4 Å². The molecule has 2 aliphatic rings. The molecule has 0 aromatic heterocycles. The van der Waals surface area contributed by atoms with Gasteiger partial charge in [-0.3, -0.25) is 4.79 Å². The van der Waals surface area contributed by atoms with E-state index >= 15 is 0 Å². The van der Waals surface area contributed by atoms with Crippen molar-refractivity contribution in [1.82, 2.24) is 10.2 Å². The maximum Gasteiger partial charge on any atom is 0.226 e. The van der Waals surface area contributed by atoms with Crippen LogP contribution in [-0.4, -0.2) is 37.0 Å². The summed E-state index contributed by atoms with van der Waals surface area (Å²) in [5.41, 5.74) is 0.466. The third kappa shape index (κ3) is 3.41. The van der Waals surface area contributed by atoms with Crippen LogP contribution in [0.2, 0.25) is 0 Å². The van der Waals surface area contributed by atoms with Crippen LogP contribution in [-0.2, 0) is 4.79 Å². The van der Waals surface area contributed by atoms with Crippen molar-refractivity contribution in [2.75, 3.05) is 20.1 Å². The minimum Gasteiger partial charge on any atom is -0.342 e. The number of nitrogens with zero attached hydrogens (tertiary/aromatic N) is 1. The summed E-state index contributed by atoms with van der Waals surface area (Å²) in [6.45, 7) is 1.87. The van der Waals surface area contributed by atoms with E-state index < -0.39 is 11.6 Å². The van der Waals surface area contributed by atoms with Gasteiger partial charge in [0.15, 0.2) is 0 Å². The normalized spacial score (nSPS) is 24.5. The van der Waals surface area contributed by atoms with Gasteiger partial charge in [0.1, 0.15) is 11.6 Å². The van der Waals surface area contributed by atoms with Gasteiger partial charge in [0, 0.05) is 25.1 Å². The largest absolute Gasteiger partial charge is 0.342 e. The first kappa shape index (κ1) is 17.2. The molecule has 3 rings (SSSR count). The van der Waals surface area contributed by atoms with Crippen molar-refractivity contribution in [1.29, 1.82) is 0 Å². The minimum absolute atomic E-state index is 0. The van der Waals surface area contributed by atoms with E-state index in [0.29, 0.717) is 12.0 Å². The van der Waals surface area contributed by atoms with Crippen molar-refractivity contribution in [3.63, 3.8) is 0 Å². The van der Waals surface area contributed by atoms with E-state index in [-0.39, 0.29) is 36.2 Å². The maximum atomic E-state index is 13.8. The fourth-order valence-electron chi connectivity index (χ4n) is 3.25. The summed E-state index contributed by atoms with van der Waals surface area (Å²) in [6.07, 6.45) is 2.59. The average Bonchev–Trinajstić information content (AvgIpc) is 3.27. The topological polar surface area (TPSA) is 32.3 Å². The van der Waals surface area contributed by atoms with Gasteiger partial charge in [0.05, 0.1) is 0 Å². The molecule has 3 nitrogen and oxygen atoms in total. The van der Waals surface area contributed by atoms with E-state index in [0.717, 1.165) is 32.0 Å². The summed E-state index contributed by atoms with van der Waals surface area (Å²) in [5, 5.41) is 3.28. The van der Waals surface area contributed by atoms with Gasteiger partial charge in [-0.25, -0.2) is 8.78 Å². The monoisotopic (exact) mass is 330 g/mol. The molecule has 1 heterocycles. The predicted molar refractivity (Wildman–Crippen MR) is 83.1 cm³/mol. The first-order valence-corrected chi connectivity index (χ1v) is 7.50. The van der Waals surface area contributed by atoms with E-state index in [4.69, 9.17) is 0 Å². The van der Waals surface area contributed by atoms with Crippen LogP contribution in [0.4, 0.5) is 8.78 Å².